The highest BCUT2D eigenvalue weighted by Crippen LogP contribution is 2.25. The summed E-state index contributed by atoms with van der Waals surface area (Å²) in [6.45, 7) is 3.85. The molecule has 1 atom stereocenters. The van der Waals surface area contributed by atoms with Crippen molar-refractivity contribution in [1.29, 1.82) is 0 Å². The van der Waals surface area contributed by atoms with Crippen molar-refractivity contribution in [3.63, 3.8) is 0 Å². The van der Waals surface area contributed by atoms with Crippen molar-refractivity contribution in [2.24, 2.45) is 0 Å². The van der Waals surface area contributed by atoms with Crippen molar-refractivity contribution in [2.75, 3.05) is 36.5 Å². The van der Waals surface area contributed by atoms with E-state index in [2.05, 4.69) is 28.4 Å². The van der Waals surface area contributed by atoms with Gasteiger partial charge >= 0.3 is 0 Å². The molecule has 2 aromatic rings. The zero-order valence-electron chi connectivity index (χ0n) is 14.7. The van der Waals surface area contributed by atoms with Crippen LogP contribution in [0.15, 0.2) is 36.4 Å². The molecule has 1 aromatic carbocycles. The third-order valence-electron chi connectivity index (χ3n) is 4.96. The van der Waals surface area contributed by atoms with Crippen LogP contribution in [0.25, 0.3) is 11.4 Å². The highest BCUT2D eigenvalue weighted by atomic mass is 16.5. The Morgan fingerprint density at radius 1 is 1.04 bits per heavy atom. The molecule has 0 bridgehead atoms. The van der Waals surface area contributed by atoms with Crippen LogP contribution in [0.2, 0.25) is 0 Å². The molecule has 1 N–H and O–H groups in total. The third-order valence-corrected chi connectivity index (χ3v) is 4.96. The number of ether oxygens (including phenoxy) is 1. The summed E-state index contributed by atoms with van der Waals surface area (Å²) in [5, 5.41) is 3.47. The average molecular weight is 338 g/mol. The van der Waals surface area contributed by atoms with E-state index < -0.39 is 0 Å². The van der Waals surface area contributed by atoms with Gasteiger partial charge in [0.15, 0.2) is 5.82 Å². The molecule has 3 heterocycles. The Hall–Kier alpha value is -2.14. The van der Waals surface area contributed by atoms with E-state index in [0.717, 1.165) is 62.1 Å². The number of nitrogens with one attached hydrogen (secondary N) is 1. The normalized spacial score (nSPS) is 20.6. The maximum Gasteiger partial charge on any atom is 0.163 e. The van der Waals surface area contributed by atoms with Gasteiger partial charge in [-0.1, -0.05) is 30.3 Å². The number of hydrogen-bond donors (Lipinski definition) is 1. The first-order chi connectivity index (χ1) is 12.4. The molecule has 2 aliphatic rings. The maximum atomic E-state index is 5.72. The largest absolute Gasteiger partial charge is 0.376 e. The van der Waals surface area contributed by atoms with E-state index in [1.54, 1.807) is 0 Å². The maximum absolute atomic E-state index is 5.72. The Kier molecular flexibility index (Phi) is 5.11. The van der Waals surface area contributed by atoms with E-state index >= 15 is 0 Å². The minimum atomic E-state index is 0.300. The fraction of sp³-hybridized carbons (Fsp3) is 0.500. The lowest BCUT2D eigenvalue weighted by Gasteiger charge is -2.28. The predicted octanol–water partition coefficient (Wildman–Crippen LogP) is 3.72. The van der Waals surface area contributed by atoms with Crippen LogP contribution in [0.3, 0.4) is 0 Å². The number of anilines is 2. The second-order valence-electron chi connectivity index (χ2n) is 6.86. The smallest absolute Gasteiger partial charge is 0.163 e. The van der Waals surface area contributed by atoms with Crippen molar-refractivity contribution in [3.8, 4) is 11.4 Å². The van der Waals surface area contributed by atoms with Gasteiger partial charge in [0, 0.05) is 37.9 Å². The van der Waals surface area contributed by atoms with Gasteiger partial charge in [-0.2, -0.15) is 0 Å². The third kappa shape index (κ3) is 4.10. The molecule has 1 aromatic heterocycles. The highest BCUT2D eigenvalue weighted by molar-refractivity contribution is 5.61. The quantitative estimate of drug-likeness (QED) is 0.900. The number of hydrogen-bond acceptors (Lipinski definition) is 5. The molecule has 0 saturated carbocycles. The summed E-state index contributed by atoms with van der Waals surface area (Å²) in [6, 6.07) is 12.3. The zero-order chi connectivity index (χ0) is 16.9. The van der Waals surface area contributed by atoms with Crippen LogP contribution in [0, 0.1) is 0 Å². The molecule has 4 rings (SSSR count). The molecule has 2 fully saturated rings. The summed E-state index contributed by atoms with van der Waals surface area (Å²) in [4.78, 5) is 12.0. The van der Waals surface area contributed by atoms with Gasteiger partial charge in [-0.25, -0.2) is 9.97 Å². The second kappa shape index (κ2) is 7.83. The highest BCUT2D eigenvalue weighted by Gasteiger charge is 2.18. The number of benzene rings is 1. The van der Waals surface area contributed by atoms with Gasteiger partial charge in [0.05, 0.1) is 6.10 Å². The number of rotatable bonds is 5. The van der Waals surface area contributed by atoms with Gasteiger partial charge < -0.3 is 15.0 Å². The van der Waals surface area contributed by atoms with Crippen molar-refractivity contribution < 1.29 is 4.74 Å². The van der Waals surface area contributed by atoms with Crippen LogP contribution in [0.5, 0.6) is 0 Å². The molecule has 132 valence electrons. The second-order valence-corrected chi connectivity index (χ2v) is 6.86. The molecule has 2 aliphatic heterocycles. The van der Waals surface area contributed by atoms with E-state index in [0.29, 0.717) is 6.10 Å². The fourth-order valence-electron chi connectivity index (χ4n) is 3.55. The van der Waals surface area contributed by atoms with Gasteiger partial charge in [-0.05, 0) is 32.1 Å². The Morgan fingerprint density at radius 3 is 2.64 bits per heavy atom. The van der Waals surface area contributed by atoms with Crippen molar-refractivity contribution in [2.45, 2.75) is 38.2 Å². The van der Waals surface area contributed by atoms with Crippen molar-refractivity contribution >= 4 is 11.6 Å². The van der Waals surface area contributed by atoms with E-state index in [1.165, 1.54) is 19.3 Å². The molecular formula is C20H26N4O. The lowest BCUT2D eigenvalue weighted by Crippen LogP contribution is -2.30. The molecule has 0 amide bonds. The van der Waals surface area contributed by atoms with Gasteiger partial charge in [0.2, 0.25) is 0 Å². The van der Waals surface area contributed by atoms with Gasteiger partial charge in [0.25, 0.3) is 0 Å². The van der Waals surface area contributed by atoms with Crippen LogP contribution >= 0.6 is 0 Å². The SMILES string of the molecule is c1ccc(-c2nc(NCC3CCCO3)cc(N3CCCCC3)n2)cc1. The Morgan fingerprint density at radius 2 is 1.88 bits per heavy atom. The van der Waals surface area contributed by atoms with E-state index in [9.17, 15) is 0 Å². The zero-order valence-corrected chi connectivity index (χ0v) is 14.7. The number of piperidine rings is 1. The van der Waals surface area contributed by atoms with Crippen molar-refractivity contribution in [1.82, 2.24) is 9.97 Å². The first-order valence-corrected chi connectivity index (χ1v) is 9.43. The Balaban J connectivity index is 1.59. The topological polar surface area (TPSA) is 50.3 Å². The summed E-state index contributed by atoms with van der Waals surface area (Å²) >= 11 is 0. The molecule has 25 heavy (non-hydrogen) atoms. The predicted molar refractivity (Wildman–Crippen MR) is 101 cm³/mol. The summed E-state index contributed by atoms with van der Waals surface area (Å²) in [6.07, 6.45) is 6.38. The average Bonchev–Trinajstić information content (AvgIpc) is 3.21. The lowest BCUT2D eigenvalue weighted by atomic mass is 10.1. The fourth-order valence-corrected chi connectivity index (χ4v) is 3.55. The van der Waals surface area contributed by atoms with Gasteiger partial charge in [-0.3, -0.25) is 0 Å². The van der Waals surface area contributed by atoms with E-state index in [4.69, 9.17) is 14.7 Å². The number of aromatic nitrogens is 2. The molecule has 5 nitrogen and oxygen atoms in total. The standard InChI is InChI=1S/C20H26N4O/c1-3-8-16(9-4-1)20-22-18(21-15-17-10-7-13-25-17)14-19(23-20)24-11-5-2-6-12-24/h1,3-4,8-9,14,17H,2,5-7,10-13,15H2,(H,21,22,23). The molecule has 1 unspecified atom stereocenters. The summed E-state index contributed by atoms with van der Waals surface area (Å²) < 4.78 is 5.72. The minimum Gasteiger partial charge on any atom is -0.376 e. The molecule has 0 aliphatic carbocycles. The monoisotopic (exact) mass is 338 g/mol. The molecule has 0 radical (unpaired) electrons. The number of nitrogens with zero attached hydrogens (tertiary/aromatic N) is 3. The van der Waals surface area contributed by atoms with Crippen LogP contribution in [0.4, 0.5) is 11.6 Å². The summed E-state index contributed by atoms with van der Waals surface area (Å²) in [7, 11) is 0. The summed E-state index contributed by atoms with van der Waals surface area (Å²) in [5.41, 5.74) is 1.06. The Labute approximate surface area is 149 Å². The molecular weight excluding hydrogens is 312 g/mol. The van der Waals surface area contributed by atoms with E-state index in [-0.39, 0.29) is 0 Å². The van der Waals surface area contributed by atoms with Gasteiger partial charge in [-0.15, -0.1) is 0 Å². The molecule has 2 saturated heterocycles. The lowest BCUT2D eigenvalue weighted by molar-refractivity contribution is 0.120. The van der Waals surface area contributed by atoms with E-state index in [1.807, 2.05) is 18.2 Å². The Bertz CT molecular complexity index is 679. The van der Waals surface area contributed by atoms with Crippen molar-refractivity contribution in [3.05, 3.63) is 36.4 Å². The summed E-state index contributed by atoms with van der Waals surface area (Å²) in [5.74, 6) is 2.71. The first kappa shape index (κ1) is 16.3. The van der Waals surface area contributed by atoms with Crippen LogP contribution in [-0.4, -0.2) is 42.3 Å². The minimum absolute atomic E-state index is 0.300. The molecule has 5 heteroatoms. The van der Waals surface area contributed by atoms with Crippen LogP contribution in [0.1, 0.15) is 32.1 Å². The first-order valence-electron chi connectivity index (χ1n) is 9.43. The van der Waals surface area contributed by atoms with Crippen LogP contribution in [-0.2, 0) is 4.74 Å². The molecule has 0 spiro atoms. The van der Waals surface area contributed by atoms with Gasteiger partial charge in [0.1, 0.15) is 11.6 Å². The van der Waals surface area contributed by atoms with Crippen LogP contribution < -0.4 is 10.2 Å².